The van der Waals surface area contributed by atoms with Crippen LogP contribution >= 0.6 is 0 Å². The second kappa shape index (κ2) is 18.6. The fourth-order valence-electron chi connectivity index (χ4n) is 7.30. The third-order valence-corrected chi connectivity index (χ3v) is 11.1. The van der Waals surface area contributed by atoms with Gasteiger partial charge in [0.15, 0.2) is 0 Å². The molecule has 0 aromatic heterocycles. The summed E-state index contributed by atoms with van der Waals surface area (Å²) in [6, 6.07) is 4.09. The average molecular weight is 809 g/mol. The second-order valence-corrected chi connectivity index (χ2v) is 15.8. The summed E-state index contributed by atoms with van der Waals surface area (Å²) in [7, 11) is -9.07. The van der Waals surface area contributed by atoms with E-state index in [1.54, 1.807) is 0 Å². The van der Waals surface area contributed by atoms with Crippen LogP contribution in [0.2, 0.25) is 0 Å². The Hall–Kier alpha value is -1.92. The van der Waals surface area contributed by atoms with E-state index < -0.39 is 92.0 Å². The number of aliphatic hydroxyl groups is 6. The van der Waals surface area contributed by atoms with Gasteiger partial charge < -0.3 is 58.8 Å². The molecule has 280 valence electrons. The molecule has 1 saturated carbocycles. The van der Waals surface area contributed by atoms with Crippen LogP contribution in [-0.4, -0.2) is 130 Å². The molecule has 0 saturated heterocycles. The predicted octanol–water partition coefficient (Wildman–Crippen LogP) is -8.36. The Morgan fingerprint density at radius 1 is 0.667 bits per heavy atom. The Morgan fingerprint density at radius 3 is 1.56 bits per heavy atom. The molecule has 1 fully saturated rings. The number of carbonyl (C=O) groups excluding carboxylic acids is 2. The Bertz CT molecular complexity index is 2060. The molecule has 4 aliphatic carbocycles. The van der Waals surface area contributed by atoms with Gasteiger partial charge in [-0.05, 0) is 53.3 Å². The molecular weight excluding hydrogens is 774 g/mol. The van der Waals surface area contributed by atoms with E-state index in [1.807, 2.05) is 0 Å². The monoisotopic (exact) mass is 808 g/mol. The minimum atomic E-state index is -4.56. The van der Waals surface area contributed by atoms with E-state index in [1.165, 1.54) is 18.2 Å². The summed E-state index contributed by atoms with van der Waals surface area (Å²) < 4.78 is 77.5. The Labute approximate surface area is 355 Å². The zero-order valence-corrected chi connectivity index (χ0v) is 34.7. The third kappa shape index (κ3) is 9.27. The number of ether oxygens (including phenoxy) is 2. The van der Waals surface area contributed by atoms with Gasteiger partial charge in [0.2, 0.25) is 0 Å². The first kappa shape index (κ1) is 46.5. The molecule has 2 aromatic rings. The van der Waals surface area contributed by atoms with Crippen molar-refractivity contribution in [2.45, 2.75) is 73.1 Å². The summed E-state index contributed by atoms with van der Waals surface area (Å²) in [4.78, 5) is 25.0. The van der Waals surface area contributed by atoms with Crippen LogP contribution in [-0.2, 0) is 29.8 Å². The zero-order chi connectivity index (χ0) is 38.3. The van der Waals surface area contributed by atoms with E-state index in [9.17, 15) is 66.2 Å². The fraction of sp³-hybridized carbons (Fsp3) is 0.471. The van der Waals surface area contributed by atoms with E-state index in [4.69, 9.17) is 15.9 Å². The summed E-state index contributed by atoms with van der Waals surface area (Å²) in [6.45, 7) is -0.474. The zero-order valence-electron chi connectivity index (χ0n) is 29.1. The molecule has 54 heavy (non-hydrogen) atoms. The van der Waals surface area contributed by atoms with Gasteiger partial charge in [-0.15, -0.1) is 6.42 Å². The minimum Gasteiger partial charge on any atom is -0.748 e. The van der Waals surface area contributed by atoms with Crippen molar-refractivity contribution >= 4 is 32.8 Å². The largest absolute Gasteiger partial charge is 1.00 e. The van der Waals surface area contributed by atoms with Crippen LogP contribution in [0.4, 0.5) is 0 Å². The van der Waals surface area contributed by atoms with Gasteiger partial charge in [0, 0.05) is 34.5 Å². The maximum Gasteiger partial charge on any atom is 1.00 e. The number of hydrogen-bond acceptors (Lipinski definition) is 16. The smallest absolute Gasteiger partial charge is 0.748 e. The Morgan fingerprint density at radius 2 is 1.11 bits per heavy atom. The van der Waals surface area contributed by atoms with Crippen molar-refractivity contribution in [3.05, 3.63) is 57.1 Å². The molecule has 20 heteroatoms. The van der Waals surface area contributed by atoms with Gasteiger partial charge in [-0.2, -0.15) is 0 Å². The van der Waals surface area contributed by atoms with Gasteiger partial charge in [0.1, 0.15) is 24.1 Å². The standard InChI is InChI=1S/C34H36O16S2.2Na/c1-2-18-23-20(14-35)29(37)30(38)21(15-36)24(23)19(26-25(18)27-31(39)33(41)28(26)34(42)32(27)40)7-5-16-13-17(49-9-3-11-51(43,44)45)6-8-22(16)50-10-4-12-52(46,47)48;;/h1,6,8,13-15,20-21,27-34,37-42H,3-4,9-12H2,(H,43,44,45)(H,46,47,48);;/q;2*+1/p-2. The Balaban J connectivity index is 0.00000392. The molecule has 6 rings (SSSR count). The molecule has 8 unspecified atom stereocenters. The van der Waals surface area contributed by atoms with E-state index in [0.717, 1.165) is 0 Å². The normalized spacial score (nSPS) is 28.1. The van der Waals surface area contributed by atoms with Crippen molar-refractivity contribution in [3.8, 4) is 35.7 Å². The first-order valence-corrected chi connectivity index (χ1v) is 19.1. The topological polar surface area (TPSA) is 288 Å². The molecule has 4 aliphatic rings. The van der Waals surface area contributed by atoms with Crippen LogP contribution in [0.15, 0.2) is 18.2 Å². The van der Waals surface area contributed by atoms with Gasteiger partial charge in [-0.3, -0.25) is 0 Å². The van der Waals surface area contributed by atoms with E-state index in [2.05, 4.69) is 17.8 Å². The van der Waals surface area contributed by atoms with E-state index in [0.29, 0.717) is 12.6 Å². The number of carbonyl (C=O) groups is 2. The fourth-order valence-corrected chi connectivity index (χ4v) is 8.24. The minimum absolute atomic E-state index is 0. The summed E-state index contributed by atoms with van der Waals surface area (Å²) >= 11 is 0. The number of fused-ring (bicyclic) bond motifs is 3. The van der Waals surface area contributed by atoms with Crippen molar-refractivity contribution in [2.75, 3.05) is 24.7 Å². The van der Waals surface area contributed by atoms with Crippen LogP contribution in [0.5, 0.6) is 11.5 Å². The summed E-state index contributed by atoms with van der Waals surface area (Å²) in [5, 5.41) is 66.2. The molecule has 0 amide bonds. The number of hydrogen-bond donors (Lipinski definition) is 6. The second-order valence-electron chi connectivity index (χ2n) is 12.7. The van der Waals surface area contributed by atoms with Gasteiger partial charge in [-0.25, -0.2) is 16.8 Å². The van der Waals surface area contributed by atoms with Gasteiger partial charge in [0.05, 0.1) is 87.5 Å². The van der Waals surface area contributed by atoms with Crippen LogP contribution in [0.25, 0.3) is 0 Å². The van der Waals surface area contributed by atoms with Crippen molar-refractivity contribution in [1.82, 2.24) is 0 Å². The summed E-state index contributed by atoms with van der Waals surface area (Å²) in [5.41, 5.74) is -0.343. The van der Waals surface area contributed by atoms with Crippen molar-refractivity contribution < 1.29 is 135 Å². The number of aldehydes is 2. The van der Waals surface area contributed by atoms with Crippen molar-refractivity contribution in [1.29, 1.82) is 0 Å². The molecule has 2 bridgehead atoms. The quantitative estimate of drug-likeness (QED) is 0.0382. The average Bonchev–Trinajstić information content (AvgIpc) is 3.07. The molecular formula is C34H34Na2O16S2. The molecule has 2 aromatic carbocycles. The van der Waals surface area contributed by atoms with Crippen molar-refractivity contribution in [3.63, 3.8) is 0 Å². The van der Waals surface area contributed by atoms with Crippen LogP contribution in [0, 0.1) is 24.2 Å². The predicted molar refractivity (Wildman–Crippen MR) is 175 cm³/mol. The maximum absolute atomic E-state index is 12.6. The molecule has 6 N–H and O–H groups in total. The molecule has 0 spiro atoms. The number of aliphatic hydroxyl groups excluding tert-OH is 6. The van der Waals surface area contributed by atoms with Gasteiger partial charge >= 0.3 is 59.1 Å². The molecule has 0 heterocycles. The van der Waals surface area contributed by atoms with E-state index in [-0.39, 0.29) is 136 Å². The van der Waals surface area contributed by atoms with Crippen LogP contribution < -0.4 is 68.6 Å². The third-order valence-electron chi connectivity index (χ3n) is 9.56. The van der Waals surface area contributed by atoms with E-state index >= 15 is 0 Å². The van der Waals surface area contributed by atoms with Gasteiger partial charge in [0.25, 0.3) is 0 Å². The molecule has 16 nitrogen and oxygen atoms in total. The summed E-state index contributed by atoms with van der Waals surface area (Å²) in [6.07, 6.45) is -4.15. The van der Waals surface area contributed by atoms with Gasteiger partial charge in [-0.1, -0.05) is 17.8 Å². The SMILES string of the molecule is C#Cc1c2c(c(C#Cc3cc(OCCCS(=O)(=O)[O-])ccc3OCCCS(=O)(=O)[O-])c3c1C1C(O)C(O)C3C(O)C1O)C(C=O)C(O)C(O)C2C=O.[Na+].[Na+]. The first-order chi connectivity index (χ1) is 24.4. The number of terminal acetylenes is 1. The molecule has 0 aliphatic heterocycles. The summed E-state index contributed by atoms with van der Waals surface area (Å²) in [5.74, 6) is 0.861. The number of rotatable bonds is 12. The molecule has 8 atom stereocenters. The number of benzene rings is 2. The van der Waals surface area contributed by atoms with Crippen LogP contribution in [0.1, 0.15) is 75.5 Å². The first-order valence-electron chi connectivity index (χ1n) is 15.9. The maximum atomic E-state index is 12.6. The van der Waals surface area contributed by atoms with Crippen LogP contribution in [0.3, 0.4) is 0 Å². The molecule has 0 radical (unpaired) electrons. The van der Waals surface area contributed by atoms with Crippen molar-refractivity contribution in [2.24, 2.45) is 0 Å². The Kier molecular flexibility index (Phi) is 16.0.